The van der Waals surface area contributed by atoms with Crippen LogP contribution in [-0.4, -0.2) is 22.2 Å². The van der Waals surface area contributed by atoms with Gasteiger partial charge in [-0.05, 0) is 24.3 Å². The summed E-state index contributed by atoms with van der Waals surface area (Å²) in [6.45, 7) is 6.52. The molecule has 2 aromatic rings. The van der Waals surface area contributed by atoms with Crippen LogP contribution in [0.1, 0.15) is 0 Å². The van der Waals surface area contributed by atoms with Gasteiger partial charge in [-0.3, -0.25) is 0 Å². The summed E-state index contributed by atoms with van der Waals surface area (Å²) in [6.07, 6.45) is 1.88. The molecule has 0 atom stereocenters. The molecule has 2 aromatic carbocycles. The number of benzene rings is 2. The Morgan fingerprint density at radius 2 is 1.12 bits per heavy atom. The largest absolute Gasteiger partial charge is 0.502 e. The summed E-state index contributed by atoms with van der Waals surface area (Å²) in [5, 5.41) is 20.2. The second-order valence-electron chi connectivity index (χ2n) is 4.56. The molecule has 25 heavy (non-hydrogen) atoms. The van der Waals surface area contributed by atoms with Crippen LogP contribution in [0.25, 0.3) is 0 Å². The lowest BCUT2D eigenvalue weighted by atomic mass is 10.2. The zero-order valence-corrected chi connectivity index (χ0v) is 13.0. The molecule has 0 aliphatic heterocycles. The first-order valence-electron chi connectivity index (χ1n) is 6.96. The molecule has 0 saturated carbocycles. The molecule has 0 amide bonds. The maximum absolute atomic E-state index is 11.2. The van der Waals surface area contributed by atoms with Crippen LogP contribution in [0.4, 0.5) is 0 Å². The molecule has 0 fully saturated rings. The van der Waals surface area contributed by atoms with Crippen molar-refractivity contribution in [3.63, 3.8) is 0 Å². The van der Waals surface area contributed by atoms with E-state index in [1.54, 1.807) is 0 Å². The summed E-state index contributed by atoms with van der Waals surface area (Å²) >= 11 is 0. The third-order valence-corrected chi connectivity index (χ3v) is 2.90. The lowest BCUT2D eigenvalue weighted by Gasteiger charge is -2.13. The van der Waals surface area contributed by atoms with Gasteiger partial charge in [-0.25, -0.2) is 9.59 Å². The summed E-state index contributed by atoms with van der Waals surface area (Å²) in [7, 11) is 0. The number of para-hydroxylation sites is 2. The molecule has 128 valence electrons. The third kappa shape index (κ3) is 4.17. The number of hydrogen-bond donors (Lipinski definition) is 2. The van der Waals surface area contributed by atoms with Crippen LogP contribution in [0.2, 0.25) is 0 Å². The van der Waals surface area contributed by atoms with Crippen molar-refractivity contribution in [2.75, 3.05) is 0 Å². The average Bonchev–Trinajstić information content (AvgIpc) is 2.61. The van der Waals surface area contributed by atoms with Crippen LogP contribution in [0.15, 0.2) is 61.7 Å². The van der Waals surface area contributed by atoms with Crippen molar-refractivity contribution in [3.05, 3.63) is 61.7 Å². The van der Waals surface area contributed by atoms with E-state index < -0.39 is 23.4 Å². The fourth-order valence-electron chi connectivity index (χ4n) is 1.75. The standard InChI is InChI=1S/C18H14O7/c1-3-15(19)24-13-9-5-7-11(17(13)21)23-12-8-6-10-14(18(12)22)25-16(20)4-2/h3-10,21-22H,1-2H2. The number of phenolic OH excluding ortho intramolecular Hbond substituents is 2. The molecule has 0 aliphatic rings. The van der Waals surface area contributed by atoms with Crippen LogP contribution in [-0.2, 0) is 9.59 Å². The number of esters is 2. The van der Waals surface area contributed by atoms with Crippen LogP contribution in [0.5, 0.6) is 34.5 Å². The molecule has 0 aliphatic carbocycles. The predicted molar refractivity (Wildman–Crippen MR) is 88.0 cm³/mol. The van der Waals surface area contributed by atoms with Gasteiger partial charge in [0, 0.05) is 12.2 Å². The SMILES string of the molecule is C=CC(=O)Oc1cccc(Oc2cccc(OC(=O)C=C)c2O)c1O. The minimum atomic E-state index is -0.756. The predicted octanol–water partition coefficient (Wildman–Crippen LogP) is 3.07. The molecule has 7 nitrogen and oxygen atoms in total. The lowest BCUT2D eigenvalue weighted by molar-refractivity contribution is -0.129. The van der Waals surface area contributed by atoms with E-state index in [0.717, 1.165) is 12.2 Å². The van der Waals surface area contributed by atoms with Gasteiger partial charge in [0.25, 0.3) is 0 Å². The zero-order chi connectivity index (χ0) is 18.4. The van der Waals surface area contributed by atoms with Crippen molar-refractivity contribution >= 4 is 11.9 Å². The van der Waals surface area contributed by atoms with E-state index in [-0.39, 0.29) is 23.0 Å². The normalized spacial score (nSPS) is 9.76. The van der Waals surface area contributed by atoms with Crippen LogP contribution >= 0.6 is 0 Å². The summed E-state index contributed by atoms with van der Waals surface area (Å²) < 4.78 is 15.1. The molecule has 0 radical (unpaired) electrons. The van der Waals surface area contributed by atoms with Crippen molar-refractivity contribution in [1.82, 2.24) is 0 Å². The number of carbonyl (C=O) groups excluding carboxylic acids is 2. The second-order valence-corrected chi connectivity index (χ2v) is 4.56. The lowest BCUT2D eigenvalue weighted by Crippen LogP contribution is -2.04. The minimum Gasteiger partial charge on any atom is -0.502 e. The zero-order valence-electron chi connectivity index (χ0n) is 13.0. The van der Waals surface area contributed by atoms with Crippen molar-refractivity contribution in [2.24, 2.45) is 0 Å². The topological polar surface area (TPSA) is 102 Å². The summed E-state index contributed by atoms with van der Waals surface area (Å²) in [6, 6.07) is 8.43. The highest BCUT2D eigenvalue weighted by Crippen LogP contribution is 2.43. The summed E-state index contributed by atoms with van der Waals surface area (Å²) in [5.74, 6) is -2.88. The van der Waals surface area contributed by atoms with E-state index in [4.69, 9.17) is 14.2 Å². The van der Waals surface area contributed by atoms with E-state index >= 15 is 0 Å². The Morgan fingerprint density at radius 3 is 1.48 bits per heavy atom. The molecule has 0 saturated heterocycles. The highest BCUT2D eigenvalue weighted by Gasteiger charge is 2.16. The Balaban J connectivity index is 2.31. The van der Waals surface area contributed by atoms with E-state index in [2.05, 4.69) is 13.2 Å². The van der Waals surface area contributed by atoms with Crippen LogP contribution in [0, 0.1) is 0 Å². The Morgan fingerprint density at radius 1 is 0.760 bits per heavy atom. The van der Waals surface area contributed by atoms with Gasteiger partial charge in [0.15, 0.2) is 23.0 Å². The fourth-order valence-corrected chi connectivity index (χ4v) is 1.75. The Labute approximate surface area is 143 Å². The van der Waals surface area contributed by atoms with Gasteiger partial charge in [0.2, 0.25) is 11.5 Å². The number of phenols is 2. The average molecular weight is 342 g/mol. The first-order chi connectivity index (χ1) is 12.0. The van der Waals surface area contributed by atoms with Crippen LogP contribution < -0.4 is 14.2 Å². The number of hydrogen-bond acceptors (Lipinski definition) is 7. The second kappa shape index (κ2) is 7.69. The first kappa shape index (κ1) is 17.6. The number of rotatable bonds is 6. The minimum absolute atomic E-state index is 0.0862. The number of ether oxygens (including phenoxy) is 3. The molecular formula is C18H14O7. The quantitative estimate of drug-likeness (QED) is 0.472. The first-order valence-corrected chi connectivity index (χ1v) is 6.96. The van der Waals surface area contributed by atoms with Gasteiger partial charge < -0.3 is 24.4 Å². The monoisotopic (exact) mass is 342 g/mol. The molecule has 2 rings (SSSR count). The van der Waals surface area contributed by atoms with Gasteiger partial charge in [-0.2, -0.15) is 0 Å². The maximum atomic E-state index is 11.2. The van der Waals surface area contributed by atoms with Crippen LogP contribution in [0.3, 0.4) is 0 Å². The Bertz CT molecular complexity index is 770. The molecule has 0 heterocycles. The van der Waals surface area contributed by atoms with Gasteiger partial charge in [-0.1, -0.05) is 25.3 Å². The van der Waals surface area contributed by atoms with Crippen molar-refractivity contribution in [1.29, 1.82) is 0 Å². The van der Waals surface area contributed by atoms with Crippen molar-refractivity contribution in [2.45, 2.75) is 0 Å². The van der Waals surface area contributed by atoms with Gasteiger partial charge in [-0.15, -0.1) is 0 Å². The Hall–Kier alpha value is -3.74. The number of aromatic hydroxyl groups is 2. The molecule has 2 N–H and O–H groups in total. The molecule has 0 unspecified atom stereocenters. The molecule has 0 aromatic heterocycles. The van der Waals surface area contributed by atoms with E-state index in [1.807, 2.05) is 0 Å². The highest BCUT2D eigenvalue weighted by molar-refractivity contribution is 5.84. The molecule has 0 bridgehead atoms. The highest BCUT2D eigenvalue weighted by atomic mass is 16.6. The van der Waals surface area contributed by atoms with Gasteiger partial charge >= 0.3 is 11.9 Å². The molecule has 0 spiro atoms. The maximum Gasteiger partial charge on any atom is 0.335 e. The molecule has 7 heteroatoms. The summed E-state index contributed by atoms with van der Waals surface area (Å²) in [4.78, 5) is 22.5. The molecular weight excluding hydrogens is 328 g/mol. The smallest absolute Gasteiger partial charge is 0.335 e. The fraction of sp³-hybridized carbons (Fsp3) is 0. The van der Waals surface area contributed by atoms with Crippen molar-refractivity contribution < 1.29 is 34.0 Å². The van der Waals surface area contributed by atoms with Gasteiger partial charge in [0.05, 0.1) is 0 Å². The van der Waals surface area contributed by atoms with E-state index in [0.29, 0.717) is 0 Å². The number of carbonyl (C=O) groups is 2. The van der Waals surface area contributed by atoms with Crippen molar-refractivity contribution in [3.8, 4) is 34.5 Å². The van der Waals surface area contributed by atoms with Gasteiger partial charge in [0.1, 0.15) is 0 Å². The summed E-state index contributed by atoms with van der Waals surface area (Å²) in [5.41, 5.74) is 0. The third-order valence-electron chi connectivity index (χ3n) is 2.90. The van der Waals surface area contributed by atoms with E-state index in [9.17, 15) is 19.8 Å². The van der Waals surface area contributed by atoms with E-state index in [1.165, 1.54) is 36.4 Å². The Kier molecular flexibility index (Phi) is 5.42.